The van der Waals surface area contributed by atoms with E-state index >= 15 is 0 Å². The zero-order valence-corrected chi connectivity index (χ0v) is 16.9. The van der Waals surface area contributed by atoms with Crippen LogP contribution in [0.3, 0.4) is 0 Å². The molecule has 0 aliphatic rings. The lowest BCUT2D eigenvalue weighted by molar-refractivity contribution is 0.268. The third-order valence-corrected chi connectivity index (χ3v) is 4.63. The van der Waals surface area contributed by atoms with Gasteiger partial charge >= 0.3 is 0 Å². The number of aromatic nitrogens is 1. The van der Waals surface area contributed by atoms with Gasteiger partial charge in [0.05, 0.1) is 6.61 Å². The second-order valence-corrected chi connectivity index (χ2v) is 6.89. The Bertz CT molecular complexity index is 870. The van der Waals surface area contributed by atoms with Crippen LogP contribution in [-0.4, -0.2) is 11.6 Å². The van der Waals surface area contributed by atoms with Crippen molar-refractivity contribution in [3.05, 3.63) is 88.7 Å². The maximum Gasteiger partial charge on any atom is 0.161 e. The van der Waals surface area contributed by atoms with Gasteiger partial charge in [-0.1, -0.05) is 54.1 Å². The summed E-state index contributed by atoms with van der Waals surface area (Å²) in [4.78, 5) is 4.08. The van der Waals surface area contributed by atoms with E-state index in [0.29, 0.717) is 18.4 Å². The molecule has 0 aliphatic heterocycles. The summed E-state index contributed by atoms with van der Waals surface area (Å²) in [6, 6.07) is 20.4. The molecule has 28 heavy (non-hydrogen) atoms. The van der Waals surface area contributed by atoms with E-state index in [4.69, 9.17) is 21.1 Å². The molecule has 0 saturated carbocycles. The number of nitrogens with zero attached hydrogens (tertiary/aromatic N) is 1. The van der Waals surface area contributed by atoms with Gasteiger partial charge in [0.1, 0.15) is 11.8 Å². The number of hydrogen-bond acceptors (Lipinski definition) is 4. The highest BCUT2D eigenvalue weighted by atomic mass is 35.5. The third kappa shape index (κ3) is 5.72. The lowest BCUT2D eigenvalue weighted by Gasteiger charge is -2.16. The molecule has 0 aliphatic carbocycles. The Morgan fingerprint density at radius 2 is 1.75 bits per heavy atom. The Morgan fingerprint density at radius 3 is 2.46 bits per heavy atom. The number of ether oxygens (including phenoxy) is 2. The van der Waals surface area contributed by atoms with E-state index < -0.39 is 0 Å². The fourth-order valence-corrected chi connectivity index (χ4v) is 2.95. The van der Waals surface area contributed by atoms with Gasteiger partial charge in [-0.2, -0.15) is 0 Å². The summed E-state index contributed by atoms with van der Waals surface area (Å²) in [6.45, 7) is 5.87. The normalized spacial score (nSPS) is 11.8. The summed E-state index contributed by atoms with van der Waals surface area (Å²) >= 11 is 5.83. The number of halogens is 1. The summed E-state index contributed by atoms with van der Waals surface area (Å²) in [5.74, 6) is 1.47. The molecule has 146 valence electrons. The molecule has 2 aromatic carbocycles. The first-order valence-corrected chi connectivity index (χ1v) is 9.80. The molecule has 3 rings (SSSR count). The molecule has 5 heteroatoms. The number of benzene rings is 2. The van der Waals surface area contributed by atoms with E-state index in [1.807, 2.05) is 31.2 Å². The number of hydrogen-bond donors (Lipinski definition) is 1. The van der Waals surface area contributed by atoms with Crippen molar-refractivity contribution >= 4 is 11.6 Å². The lowest BCUT2D eigenvalue weighted by Crippen LogP contribution is -2.18. The molecule has 0 fully saturated rings. The first-order chi connectivity index (χ1) is 13.7. The molecule has 0 bridgehead atoms. The lowest BCUT2D eigenvalue weighted by atomic mass is 10.1. The summed E-state index contributed by atoms with van der Waals surface area (Å²) in [5, 5.41) is 4.02. The number of nitrogens with one attached hydrogen (secondary N) is 1. The van der Waals surface area contributed by atoms with Crippen molar-refractivity contribution < 1.29 is 9.47 Å². The molecular formula is C23H25ClN2O2. The van der Waals surface area contributed by atoms with Gasteiger partial charge in [0.2, 0.25) is 0 Å². The fraction of sp³-hybridized carbons (Fsp3) is 0.261. The van der Waals surface area contributed by atoms with E-state index in [9.17, 15) is 0 Å². The average molecular weight is 397 g/mol. The molecule has 1 unspecified atom stereocenters. The zero-order chi connectivity index (χ0) is 19.8. The number of rotatable bonds is 9. The first kappa shape index (κ1) is 20.2. The van der Waals surface area contributed by atoms with Crippen molar-refractivity contribution in [3.63, 3.8) is 0 Å². The summed E-state index contributed by atoms with van der Waals surface area (Å²) in [7, 11) is 0. The van der Waals surface area contributed by atoms with Gasteiger partial charge < -0.3 is 14.8 Å². The average Bonchev–Trinajstić information content (AvgIpc) is 2.73. The molecule has 1 heterocycles. The van der Waals surface area contributed by atoms with E-state index in [2.05, 4.69) is 47.6 Å². The van der Waals surface area contributed by atoms with Crippen LogP contribution < -0.4 is 14.8 Å². The van der Waals surface area contributed by atoms with Crippen LogP contribution in [0.1, 0.15) is 36.6 Å². The molecule has 1 atom stereocenters. The Labute approximate surface area is 171 Å². The first-order valence-electron chi connectivity index (χ1n) is 9.43. The van der Waals surface area contributed by atoms with E-state index in [1.54, 1.807) is 12.3 Å². The van der Waals surface area contributed by atoms with Crippen molar-refractivity contribution in [2.24, 2.45) is 0 Å². The highest BCUT2D eigenvalue weighted by Gasteiger charge is 2.09. The van der Waals surface area contributed by atoms with Crippen molar-refractivity contribution in [1.82, 2.24) is 10.3 Å². The van der Waals surface area contributed by atoms with Crippen LogP contribution in [0, 0.1) is 0 Å². The van der Waals surface area contributed by atoms with Crippen LogP contribution in [-0.2, 0) is 13.2 Å². The van der Waals surface area contributed by atoms with Crippen LogP contribution in [0.4, 0.5) is 0 Å². The van der Waals surface area contributed by atoms with Crippen LogP contribution in [0.25, 0.3) is 0 Å². The van der Waals surface area contributed by atoms with Crippen LogP contribution in [0.5, 0.6) is 11.5 Å². The second kappa shape index (κ2) is 10.1. The highest BCUT2D eigenvalue weighted by molar-refractivity contribution is 6.29. The van der Waals surface area contributed by atoms with Crippen LogP contribution in [0.2, 0.25) is 5.15 Å². The Balaban J connectivity index is 1.63. The largest absolute Gasteiger partial charge is 0.490 e. The van der Waals surface area contributed by atoms with Gasteiger partial charge in [-0.25, -0.2) is 4.98 Å². The molecular weight excluding hydrogens is 372 g/mol. The molecule has 0 spiro atoms. The topological polar surface area (TPSA) is 43.4 Å². The third-order valence-electron chi connectivity index (χ3n) is 4.40. The minimum absolute atomic E-state index is 0.269. The highest BCUT2D eigenvalue weighted by Crippen LogP contribution is 2.29. The minimum Gasteiger partial charge on any atom is -0.490 e. The predicted octanol–water partition coefficient (Wildman–Crippen LogP) is 5.56. The predicted molar refractivity (Wildman–Crippen MR) is 113 cm³/mol. The van der Waals surface area contributed by atoms with Gasteiger partial charge in [0.15, 0.2) is 11.5 Å². The Hall–Kier alpha value is -2.56. The fourth-order valence-electron chi connectivity index (χ4n) is 2.83. The van der Waals surface area contributed by atoms with Crippen molar-refractivity contribution in [2.75, 3.05) is 6.61 Å². The Morgan fingerprint density at radius 1 is 0.964 bits per heavy atom. The second-order valence-electron chi connectivity index (χ2n) is 6.51. The van der Waals surface area contributed by atoms with Crippen LogP contribution in [0.15, 0.2) is 66.9 Å². The van der Waals surface area contributed by atoms with Crippen molar-refractivity contribution in [1.29, 1.82) is 0 Å². The molecule has 1 N–H and O–H groups in total. The maximum absolute atomic E-state index is 5.94. The van der Waals surface area contributed by atoms with Crippen molar-refractivity contribution in [2.45, 2.75) is 33.0 Å². The minimum atomic E-state index is 0.269. The quantitative estimate of drug-likeness (QED) is 0.480. The summed E-state index contributed by atoms with van der Waals surface area (Å²) < 4.78 is 11.7. The maximum atomic E-state index is 5.94. The Kier molecular flexibility index (Phi) is 7.29. The molecule has 0 radical (unpaired) electrons. The van der Waals surface area contributed by atoms with Gasteiger partial charge in [-0.05, 0) is 43.2 Å². The molecule has 1 aromatic heterocycles. The van der Waals surface area contributed by atoms with E-state index in [0.717, 1.165) is 29.2 Å². The van der Waals surface area contributed by atoms with Gasteiger partial charge in [-0.3, -0.25) is 0 Å². The van der Waals surface area contributed by atoms with E-state index in [1.165, 1.54) is 5.56 Å². The van der Waals surface area contributed by atoms with Gasteiger partial charge in [0, 0.05) is 24.3 Å². The monoisotopic (exact) mass is 396 g/mol. The van der Waals surface area contributed by atoms with Crippen molar-refractivity contribution in [3.8, 4) is 11.5 Å². The molecule has 4 nitrogen and oxygen atoms in total. The van der Waals surface area contributed by atoms with Gasteiger partial charge in [0.25, 0.3) is 0 Å². The van der Waals surface area contributed by atoms with Gasteiger partial charge in [-0.15, -0.1) is 0 Å². The standard InChI is InChI=1S/C23H25ClN2O2/c1-3-27-22-13-18(14-25-17(2)20-7-5-4-6-8-20)9-11-21(22)28-16-19-10-12-23(24)26-15-19/h4-13,15,17,25H,3,14,16H2,1-2H3. The summed E-state index contributed by atoms with van der Waals surface area (Å²) in [5.41, 5.74) is 3.37. The number of pyridine rings is 1. The smallest absolute Gasteiger partial charge is 0.161 e. The molecule has 0 amide bonds. The molecule has 3 aromatic rings. The van der Waals surface area contributed by atoms with E-state index in [-0.39, 0.29) is 6.04 Å². The molecule has 0 saturated heterocycles. The SMILES string of the molecule is CCOc1cc(CNC(C)c2ccccc2)ccc1OCc1ccc(Cl)nc1. The van der Waals surface area contributed by atoms with Crippen LogP contribution >= 0.6 is 11.6 Å². The zero-order valence-electron chi connectivity index (χ0n) is 16.2. The summed E-state index contributed by atoms with van der Waals surface area (Å²) in [6.07, 6.45) is 1.71.